The Balaban J connectivity index is 1.13. The molecule has 3 aliphatic rings. The monoisotopic (exact) mass is 507 g/mol. The number of carboxylic acid groups (broad SMARTS) is 1. The van der Waals surface area contributed by atoms with Crippen LogP contribution in [0.15, 0.2) is 58.8 Å². The summed E-state index contributed by atoms with van der Waals surface area (Å²) in [5.41, 5.74) is 3.63. The summed E-state index contributed by atoms with van der Waals surface area (Å²) in [6.07, 6.45) is 5.65. The minimum atomic E-state index is -0.761. The van der Waals surface area contributed by atoms with E-state index in [1.54, 1.807) is 6.07 Å². The number of piperidine rings is 1. The number of piperazine rings is 1. The second-order valence-electron chi connectivity index (χ2n) is 10.1. The third-order valence-electron chi connectivity index (χ3n) is 7.47. The van der Waals surface area contributed by atoms with Gasteiger partial charge in [0.25, 0.3) is 0 Å². The van der Waals surface area contributed by atoms with E-state index in [2.05, 4.69) is 15.6 Å². The van der Waals surface area contributed by atoms with Crippen LogP contribution in [0.25, 0.3) is 0 Å². The molecule has 9 heteroatoms. The minimum absolute atomic E-state index is 0.0790. The molecule has 2 unspecified atom stereocenters. The first kappa shape index (κ1) is 25.4. The molecule has 2 N–H and O–H groups in total. The number of carbonyl (C=O) groups is 1. The fourth-order valence-electron chi connectivity index (χ4n) is 5.42. The van der Waals surface area contributed by atoms with Crippen LogP contribution in [0.3, 0.4) is 0 Å². The first-order valence-electron chi connectivity index (χ1n) is 13.1. The number of rotatable bonds is 8. The van der Waals surface area contributed by atoms with E-state index in [0.29, 0.717) is 24.6 Å². The van der Waals surface area contributed by atoms with Crippen LogP contribution in [-0.4, -0.2) is 78.3 Å². The van der Waals surface area contributed by atoms with Crippen LogP contribution in [0.1, 0.15) is 48.4 Å². The number of carboxylic acids is 1. The minimum Gasteiger partial charge on any atom is -0.480 e. The Hall–Kier alpha value is -3.30. The number of benzene rings is 2. The quantitative estimate of drug-likeness (QED) is 0.532. The van der Waals surface area contributed by atoms with Crippen molar-refractivity contribution < 1.29 is 19.1 Å². The standard InChI is InChI=1S/C28H34FN5O3/c29-25-4-2-1-3-24(25)27-18-30-11-14-34(27)31-17-21-5-7-22(8-6-21)26-16-23(37-32-26)15-20-9-12-33(13-10-20)19-28(35)36/h1-8,17,20,23,27,30H,9-16,18-19H2,(H,35,36). The molecule has 196 valence electrons. The van der Waals surface area contributed by atoms with Crippen LogP contribution in [0.4, 0.5) is 4.39 Å². The molecule has 0 saturated carbocycles. The highest BCUT2D eigenvalue weighted by Gasteiger charge is 2.28. The molecule has 37 heavy (non-hydrogen) atoms. The van der Waals surface area contributed by atoms with Crippen LogP contribution in [-0.2, 0) is 9.63 Å². The van der Waals surface area contributed by atoms with E-state index in [1.165, 1.54) is 6.07 Å². The maximum Gasteiger partial charge on any atom is 0.317 e. The third-order valence-corrected chi connectivity index (χ3v) is 7.47. The van der Waals surface area contributed by atoms with Crippen molar-refractivity contribution in [3.63, 3.8) is 0 Å². The molecule has 0 aromatic heterocycles. The number of hydrogen-bond donors (Lipinski definition) is 2. The Morgan fingerprint density at radius 3 is 2.70 bits per heavy atom. The average Bonchev–Trinajstić information content (AvgIpc) is 3.38. The van der Waals surface area contributed by atoms with Gasteiger partial charge in [-0.05, 0) is 55.5 Å². The number of nitrogens with zero attached hydrogens (tertiary/aromatic N) is 4. The van der Waals surface area contributed by atoms with Gasteiger partial charge in [-0.1, -0.05) is 47.6 Å². The Kier molecular flexibility index (Phi) is 8.11. The van der Waals surface area contributed by atoms with Crippen LogP contribution in [0.5, 0.6) is 0 Å². The summed E-state index contributed by atoms with van der Waals surface area (Å²) in [7, 11) is 0. The summed E-state index contributed by atoms with van der Waals surface area (Å²) >= 11 is 0. The molecular formula is C28H34FN5O3. The van der Waals surface area contributed by atoms with Crippen LogP contribution in [0, 0.1) is 11.7 Å². The zero-order valence-corrected chi connectivity index (χ0v) is 20.9. The summed E-state index contributed by atoms with van der Waals surface area (Å²) in [5, 5.41) is 23.3. The van der Waals surface area contributed by atoms with Crippen molar-refractivity contribution in [3.8, 4) is 0 Å². The molecule has 5 rings (SSSR count). The number of likely N-dealkylation sites (tertiary alicyclic amines) is 1. The topological polar surface area (TPSA) is 89.8 Å². The molecule has 3 heterocycles. The third kappa shape index (κ3) is 6.53. The number of aliphatic carboxylic acids is 1. The molecule has 2 fully saturated rings. The van der Waals surface area contributed by atoms with E-state index < -0.39 is 5.97 Å². The van der Waals surface area contributed by atoms with Crippen molar-refractivity contribution in [1.82, 2.24) is 15.2 Å². The average molecular weight is 508 g/mol. The Morgan fingerprint density at radius 2 is 1.95 bits per heavy atom. The second kappa shape index (κ2) is 11.8. The lowest BCUT2D eigenvalue weighted by molar-refractivity contribution is -0.138. The molecule has 8 nitrogen and oxygen atoms in total. The number of halogens is 1. The van der Waals surface area contributed by atoms with Gasteiger partial charge in [0.15, 0.2) is 0 Å². The summed E-state index contributed by atoms with van der Waals surface area (Å²) < 4.78 is 14.4. The van der Waals surface area contributed by atoms with E-state index in [1.807, 2.05) is 52.5 Å². The number of hydrogen-bond acceptors (Lipinski definition) is 7. The predicted octanol–water partition coefficient (Wildman–Crippen LogP) is 3.49. The van der Waals surface area contributed by atoms with E-state index in [0.717, 1.165) is 62.2 Å². The van der Waals surface area contributed by atoms with Crippen molar-refractivity contribution in [2.45, 2.75) is 37.8 Å². The van der Waals surface area contributed by atoms with Gasteiger partial charge in [0.05, 0.1) is 24.5 Å². The van der Waals surface area contributed by atoms with Crippen LogP contribution < -0.4 is 5.32 Å². The second-order valence-corrected chi connectivity index (χ2v) is 10.1. The molecule has 2 saturated heterocycles. The van der Waals surface area contributed by atoms with Gasteiger partial charge in [-0.3, -0.25) is 14.7 Å². The van der Waals surface area contributed by atoms with E-state index in [4.69, 9.17) is 9.94 Å². The van der Waals surface area contributed by atoms with Gasteiger partial charge in [0.1, 0.15) is 11.9 Å². The van der Waals surface area contributed by atoms with Crippen LogP contribution in [0.2, 0.25) is 0 Å². The van der Waals surface area contributed by atoms with E-state index in [-0.39, 0.29) is 24.5 Å². The highest BCUT2D eigenvalue weighted by Crippen LogP contribution is 2.28. The van der Waals surface area contributed by atoms with Gasteiger partial charge in [0, 0.05) is 31.6 Å². The summed E-state index contributed by atoms with van der Waals surface area (Å²) in [4.78, 5) is 18.7. The molecule has 0 bridgehead atoms. The lowest BCUT2D eigenvalue weighted by atomic mass is 9.89. The summed E-state index contributed by atoms with van der Waals surface area (Å²) in [6.45, 7) is 3.96. The molecular weight excluding hydrogens is 473 g/mol. The first-order chi connectivity index (χ1) is 18.0. The molecule has 0 amide bonds. The lowest BCUT2D eigenvalue weighted by Gasteiger charge is -2.34. The van der Waals surface area contributed by atoms with E-state index in [9.17, 15) is 9.18 Å². The fourth-order valence-corrected chi connectivity index (χ4v) is 5.42. The molecule has 0 spiro atoms. The highest BCUT2D eigenvalue weighted by molar-refractivity contribution is 6.01. The molecule has 2 aromatic rings. The highest BCUT2D eigenvalue weighted by atomic mass is 19.1. The zero-order valence-electron chi connectivity index (χ0n) is 20.9. The van der Waals surface area contributed by atoms with Crippen LogP contribution >= 0.6 is 0 Å². The van der Waals surface area contributed by atoms with Gasteiger partial charge in [0.2, 0.25) is 0 Å². The van der Waals surface area contributed by atoms with Crippen molar-refractivity contribution in [2.75, 3.05) is 39.3 Å². The largest absolute Gasteiger partial charge is 0.480 e. The van der Waals surface area contributed by atoms with Gasteiger partial charge in [-0.15, -0.1) is 0 Å². The maximum atomic E-state index is 14.4. The molecule has 2 atom stereocenters. The smallest absolute Gasteiger partial charge is 0.317 e. The number of oxime groups is 1. The summed E-state index contributed by atoms with van der Waals surface area (Å²) in [6, 6.07) is 14.9. The number of nitrogens with one attached hydrogen (secondary N) is 1. The molecule has 0 aliphatic carbocycles. The molecule has 0 radical (unpaired) electrons. The van der Waals surface area contributed by atoms with Crippen molar-refractivity contribution in [2.24, 2.45) is 16.2 Å². The van der Waals surface area contributed by atoms with Crippen molar-refractivity contribution in [3.05, 3.63) is 71.0 Å². The molecule has 3 aliphatic heterocycles. The zero-order chi connectivity index (χ0) is 25.6. The fraction of sp³-hybridized carbons (Fsp3) is 0.464. The lowest BCUT2D eigenvalue weighted by Crippen LogP contribution is -2.43. The van der Waals surface area contributed by atoms with Gasteiger partial charge < -0.3 is 15.3 Å². The molecule has 2 aromatic carbocycles. The van der Waals surface area contributed by atoms with Gasteiger partial charge >= 0.3 is 5.97 Å². The van der Waals surface area contributed by atoms with Crippen molar-refractivity contribution in [1.29, 1.82) is 0 Å². The predicted molar refractivity (Wildman–Crippen MR) is 140 cm³/mol. The Labute approximate surface area is 216 Å². The van der Waals surface area contributed by atoms with Crippen molar-refractivity contribution >= 4 is 17.9 Å². The normalized spacial score (nSPS) is 23.3. The van der Waals surface area contributed by atoms with E-state index >= 15 is 0 Å². The Morgan fingerprint density at radius 1 is 1.16 bits per heavy atom. The van der Waals surface area contributed by atoms with Gasteiger partial charge in [-0.25, -0.2) is 4.39 Å². The first-order valence-corrected chi connectivity index (χ1v) is 13.1. The summed E-state index contributed by atoms with van der Waals surface area (Å²) in [5.74, 6) is -0.424. The SMILES string of the molecule is O=C(O)CN1CCC(CC2CC(c3ccc(C=NN4CCNCC4c4ccccc4F)cc3)=NO2)CC1. The number of hydrazone groups is 1. The maximum absolute atomic E-state index is 14.4. The Bertz CT molecular complexity index is 1130. The van der Waals surface area contributed by atoms with Gasteiger partial charge in [-0.2, -0.15) is 5.10 Å².